The third kappa shape index (κ3) is 11.5. The van der Waals surface area contributed by atoms with Crippen molar-refractivity contribution in [2.45, 2.75) is 103 Å². The van der Waals surface area contributed by atoms with E-state index in [4.69, 9.17) is 18.6 Å². The SMILES string of the molecule is C=CCOC(=O)CNC(=O)[C@@H](NC(=O)[C@H](CC(=O)OC(C)(C)C)NC(=O)OCC1c2ccccc2-c2ccccc21)[C@@H](C)O[Si](C)(C)C(C)(C)C. The van der Waals surface area contributed by atoms with Crippen LogP contribution in [0.25, 0.3) is 11.1 Å². The fraction of sp³-hybridized carbons (Fsp3) is 0.500. The number of amides is 3. The molecule has 0 heterocycles. The number of hydrogen-bond acceptors (Lipinski definition) is 9. The summed E-state index contributed by atoms with van der Waals surface area (Å²) in [7, 11) is -2.47. The topological polar surface area (TPSA) is 158 Å². The highest BCUT2D eigenvalue weighted by Gasteiger charge is 2.42. The van der Waals surface area contributed by atoms with Crippen LogP contribution in [0.5, 0.6) is 0 Å². The maximum Gasteiger partial charge on any atom is 0.407 e. The van der Waals surface area contributed by atoms with Crippen molar-refractivity contribution in [1.29, 1.82) is 0 Å². The van der Waals surface area contributed by atoms with Gasteiger partial charge in [-0.1, -0.05) is 82.0 Å². The van der Waals surface area contributed by atoms with E-state index in [1.54, 1.807) is 27.7 Å². The van der Waals surface area contributed by atoms with E-state index in [9.17, 15) is 24.0 Å². The zero-order valence-electron chi connectivity index (χ0n) is 31.2. The Hall–Kier alpha value is -4.49. The second-order valence-electron chi connectivity index (χ2n) is 15.1. The first kappa shape index (κ1) is 40.9. The van der Waals surface area contributed by atoms with Gasteiger partial charge in [-0.05, 0) is 68.1 Å². The van der Waals surface area contributed by atoms with Gasteiger partial charge in [0.1, 0.15) is 37.4 Å². The molecule has 0 saturated carbocycles. The average Bonchev–Trinajstić information content (AvgIpc) is 3.35. The molecule has 1 aliphatic carbocycles. The number of alkyl carbamates (subject to hydrolysis) is 1. The van der Waals surface area contributed by atoms with Crippen molar-refractivity contribution in [3.63, 3.8) is 0 Å². The first-order chi connectivity index (χ1) is 23.7. The molecule has 0 spiro atoms. The monoisotopic (exact) mass is 723 g/mol. The summed E-state index contributed by atoms with van der Waals surface area (Å²) < 4.78 is 22.5. The molecule has 2 aromatic carbocycles. The van der Waals surface area contributed by atoms with Gasteiger partial charge in [0.05, 0.1) is 12.5 Å². The van der Waals surface area contributed by atoms with Crippen LogP contribution in [0.15, 0.2) is 61.2 Å². The zero-order chi connectivity index (χ0) is 38.1. The van der Waals surface area contributed by atoms with Gasteiger partial charge in [0.25, 0.3) is 0 Å². The number of benzene rings is 2. The molecule has 13 heteroatoms. The largest absolute Gasteiger partial charge is 0.460 e. The fourth-order valence-electron chi connectivity index (χ4n) is 5.37. The molecule has 0 fully saturated rings. The van der Waals surface area contributed by atoms with E-state index in [0.29, 0.717) is 0 Å². The highest BCUT2D eigenvalue weighted by Crippen LogP contribution is 2.44. The van der Waals surface area contributed by atoms with Crippen molar-refractivity contribution in [2.24, 2.45) is 0 Å². The molecular weight excluding hydrogens is 671 g/mol. The second kappa shape index (κ2) is 17.1. The first-order valence-electron chi connectivity index (χ1n) is 17.1. The minimum atomic E-state index is -2.47. The maximum atomic E-state index is 13.9. The van der Waals surface area contributed by atoms with Crippen molar-refractivity contribution in [3.8, 4) is 11.1 Å². The van der Waals surface area contributed by atoms with Gasteiger partial charge in [0, 0.05) is 5.92 Å². The molecule has 0 radical (unpaired) electrons. The minimum Gasteiger partial charge on any atom is -0.460 e. The highest BCUT2D eigenvalue weighted by atomic mass is 28.4. The lowest BCUT2D eigenvalue weighted by Gasteiger charge is -2.40. The van der Waals surface area contributed by atoms with Gasteiger partial charge in [-0.2, -0.15) is 0 Å². The van der Waals surface area contributed by atoms with E-state index in [-0.39, 0.29) is 24.2 Å². The van der Waals surface area contributed by atoms with Crippen LogP contribution in [0.1, 0.15) is 71.9 Å². The van der Waals surface area contributed by atoms with Crippen LogP contribution < -0.4 is 16.0 Å². The summed E-state index contributed by atoms with van der Waals surface area (Å²) in [5.41, 5.74) is 3.25. The standard InChI is InChI=1S/C38H53N3O9Si/c1-11-20-47-32(43)22-39-35(45)33(24(2)50-51(9,10)38(6,7)8)41-34(44)30(21-31(42)49-37(3,4)5)40-36(46)48-23-29-27-18-14-12-16-25(27)26-17-13-15-19-28(26)29/h11-19,24,29-30,33H,1,20-23H2,2-10H3,(H,39,45)(H,40,46)(H,41,44)/t24-,30+,33+/m1/s1. The summed E-state index contributed by atoms with van der Waals surface area (Å²) in [6, 6.07) is 12.9. The van der Waals surface area contributed by atoms with Gasteiger partial charge >= 0.3 is 18.0 Å². The average molecular weight is 724 g/mol. The van der Waals surface area contributed by atoms with Crippen molar-refractivity contribution in [2.75, 3.05) is 19.8 Å². The van der Waals surface area contributed by atoms with E-state index >= 15 is 0 Å². The molecule has 12 nitrogen and oxygen atoms in total. The molecular formula is C38H53N3O9Si. The van der Waals surface area contributed by atoms with Crippen LogP contribution in [0.2, 0.25) is 18.1 Å². The molecule has 3 atom stereocenters. The Labute approximate surface area is 302 Å². The summed E-state index contributed by atoms with van der Waals surface area (Å²) in [5.74, 6) is -3.26. The predicted octanol–water partition coefficient (Wildman–Crippen LogP) is 5.37. The lowest BCUT2D eigenvalue weighted by atomic mass is 9.98. The van der Waals surface area contributed by atoms with Crippen LogP contribution in [-0.2, 0) is 37.8 Å². The van der Waals surface area contributed by atoms with Crippen molar-refractivity contribution in [3.05, 3.63) is 72.3 Å². The summed E-state index contributed by atoms with van der Waals surface area (Å²) in [6.07, 6.45) is -0.952. The molecule has 0 bridgehead atoms. The van der Waals surface area contributed by atoms with Crippen LogP contribution in [0, 0.1) is 0 Å². The fourth-order valence-corrected chi connectivity index (χ4v) is 6.79. The number of carbonyl (C=O) groups excluding carboxylic acids is 5. The van der Waals surface area contributed by atoms with Gasteiger partial charge in [-0.3, -0.25) is 19.2 Å². The summed E-state index contributed by atoms with van der Waals surface area (Å²) >= 11 is 0. The van der Waals surface area contributed by atoms with Gasteiger partial charge in [0.15, 0.2) is 8.32 Å². The van der Waals surface area contributed by atoms with Gasteiger partial charge in [-0.25, -0.2) is 4.79 Å². The number of fused-ring (bicyclic) bond motifs is 3. The molecule has 0 saturated heterocycles. The molecule has 0 aliphatic heterocycles. The molecule has 3 amide bonds. The highest BCUT2D eigenvalue weighted by molar-refractivity contribution is 6.74. The van der Waals surface area contributed by atoms with Gasteiger partial charge in [-0.15, -0.1) is 0 Å². The lowest BCUT2D eigenvalue weighted by Crippen LogP contribution is -2.60. The van der Waals surface area contributed by atoms with Crippen LogP contribution in [0.3, 0.4) is 0 Å². The number of carbonyl (C=O) groups is 5. The van der Waals surface area contributed by atoms with E-state index in [0.717, 1.165) is 22.3 Å². The lowest BCUT2D eigenvalue weighted by molar-refractivity contribution is -0.156. The number of nitrogens with one attached hydrogen (secondary N) is 3. The third-order valence-corrected chi connectivity index (χ3v) is 13.4. The molecule has 51 heavy (non-hydrogen) atoms. The van der Waals surface area contributed by atoms with Crippen LogP contribution in [-0.4, -0.2) is 81.7 Å². The molecule has 0 unspecified atom stereocenters. The second-order valence-corrected chi connectivity index (χ2v) is 19.8. The van der Waals surface area contributed by atoms with E-state index in [2.05, 4.69) is 22.5 Å². The first-order valence-corrected chi connectivity index (χ1v) is 20.0. The Bertz CT molecular complexity index is 1550. The van der Waals surface area contributed by atoms with Gasteiger partial charge in [0.2, 0.25) is 11.8 Å². The third-order valence-electron chi connectivity index (χ3n) is 8.85. The Morgan fingerprint density at radius 2 is 1.41 bits per heavy atom. The summed E-state index contributed by atoms with van der Waals surface area (Å²) in [5, 5.41) is 7.43. The smallest absolute Gasteiger partial charge is 0.407 e. The normalized spacial score (nSPS) is 14.5. The Morgan fingerprint density at radius 3 is 1.94 bits per heavy atom. The Balaban J connectivity index is 1.83. The molecule has 3 rings (SSSR count). The zero-order valence-corrected chi connectivity index (χ0v) is 32.2. The van der Waals surface area contributed by atoms with Crippen molar-refractivity contribution < 1.29 is 42.6 Å². The van der Waals surface area contributed by atoms with Gasteiger partial charge < -0.3 is 34.6 Å². The Morgan fingerprint density at radius 1 is 0.843 bits per heavy atom. The number of esters is 2. The predicted molar refractivity (Wildman–Crippen MR) is 196 cm³/mol. The van der Waals surface area contributed by atoms with E-state index in [1.165, 1.54) is 6.08 Å². The number of rotatable bonds is 15. The molecule has 278 valence electrons. The maximum absolute atomic E-state index is 13.9. The minimum absolute atomic E-state index is 0.0228. The molecule has 3 N–H and O–H groups in total. The molecule has 1 aliphatic rings. The molecule has 2 aromatic rings. The summed E-state index contributed by atoms with van der Waals surface area (Å²) in [4.78, 5) is 65.8. The summed E-state index contributed by atoms with van der Waals surface area (Å²) in [6.45, 7) is 19.7. The number of hydrogen-bond donors (Lipinski definition) is 3. The van der Waals surface area contributed by atoms with Crippen LogP contribution in [0.4, 0.5) is 4.79 Å². The van der Waals surface area contributed by atoms with Crippen LogP contribution >= 0.6 is 0 Å². The van der Waals surface area contributed by atoms with Crippen molar-refractivity contribution >= 4 is 38.2 Å². The Kier molecular flexibility index (Phi) is 13.8. The van der Waals surface area contributed by atoms with Crippen molar-refractivity contribution in [1.82, 2.24) is 16.0 Å². The molecule has 0 aromatic heterocycles. The number of ether oxygens (including phenoxy) is 3. The van der Waals surface area contributed by atoms with E-state index < -0.39 is 74.9 Å². The van der Waals surface area contributed by atoms with E-state index in [1.807, 2.05) is 82.4 Å². The quantitative estimate of drug-likeness (QED) is 0.0952.